The van der Waals surface area contributed by atoms with Crippen molar-refractivity contribution in [3.8, 4) is 0 Å². The minimum Gasteiger partial charge on any atom is -0.387 e. The Kier molecular flexibility index (Phi) is 2.87. The summed E-state index contributed by atoms with van der Waals surface area (Å²) in [6.45, 7) is 1.72. The summed E-state index contributed by atoms with van der Waals surface area (Å²) in [7, 11) is 0. The molecule has 9 nitrogen and oxygen atoms in total. The molecule has 0 amide bonds. The SMILES string of the molecule is C[C@]1(CN)O[C@@H](n2cnc3c(N)ncnc32)C(O)C1O. The molecule has 1 aliphatic heterocycles. The zero-order valence-electron chi connectivity index (χ0n) is 10.8. The summed E-state index contributed by atoms with van der Waals surface area (Å²) in [5, 5.41) is 20.2. The monoisotopic (exact) mass is 280 g/mol. The molecule has 0 saturated carbocycles. The zero-order chi connectivity index (χ0) is 14.5. The maximum absolute atomic E-state index is 10.2. The fourth-order valence-electron chi connectivity index (χ4n) is 2.38. The third kappa shape index (κ3) is 1.68. The first-order valence-electron chi connectivity index (χ1n) is 6.15. The molecule has 2 aromatic rings. The highest BCUT2D eigenvalue weighted by molar-refractivity contribution is 5.81. The molecular formula is C11H16N6O3. The van der Waals surface area contributed by atoms with E-state index >= 15 is 0 Å². The van der Waals surface area contributed by atoms with E-state index in [4.69, 9.17) is 16.2 Å². The van der Waals surface area contributed by atoms with E-state index in [9.17, 15) is 10.2 Å². The molecule has 0 aromatic carbocycles. The molecule has 4 atom stereocenters. The van der Waals surface area contributed by atoms with E-state index < -0.39 is 24.0 Å². The molecule has 108 valence electrons. The highest BCUT2D eigenvalue weighted by Gasteiger charge is 2.51. The minimum absolute atomic E-state index is 0.0749. The number of aromatic nitrogens is 4. The Labute approximate surface area is 114 Å². The van der Waals surface area contributed by atoms with Crippen LogP contribution in [0.4, 0.5) is 5.82 Å². The average Bonchev–Trinajstić information content (AvgIpc) is 2.96. The number of ether oxygens (including phenoxy) is 1. The van der Waals surface area contributed by atoms with Crippen molar-refractivity contribution < 1.29 is 14.9 Å². The van der Waals surface area contributed by atoms with Crippen LogP contribution >= 0.6 is 0 Å². The Bertz CT molecular complexity index is 646. The van der Waals surface area contributed by atoms with Crippen LogP contribution in [-0.2, 0) is 4.74 Å². The van der Waals surface area contributed by atoms with E-state index in [2.05, 4.69) is 15.0 Å². The smallest absolute Gasteiger partial charge is 0.167 e. The molecule has 1 fully saturated rings. The van der Waals surface area contributed by atoms with Crippen LogP contribution in [-0.4, -0.2) is 54.1 Å². The molecule has 0 spiro atoms. The van der Waals surface area contributed by atoms with Crippen LogP contribution in [0.3, 0.4) is 0 Å². The third-order valence-electron chi connectivity index (χ3n) is 3.70. The van der Waals surface area contributed by atoms with E-state index in [1.165, 1.54) is 17.2 Å². The van der Waals surface area contributed by atoms with Crippen LogP contribution in [0.2, 0.25) is 0 Å². The van der Waals surface area contributed by atoms with Crippen LogP contribution in [0.5, 0.6) is 0 Å². The topological polar surface area (TPSA) is 145 Å². The fraction of sp³-hybridized carbons (Fsp3) is 0.545. The van der Waals surface area contributed by atoms with Gasteiger partial charge < -0.3 is 26.4 Å². The van der Waals surface area contributed by atoms with Gasteiger partial charge in [0.25, 0.3) is 0 Å². The van der Waals surface area contributed by atoms with Crippen LogP contribution in [0.15, 0.2) is 12.7 Å². The minimum atomic E-state index is -1.14. The molecule has 6 N–H and O–H groups in total. The van der Waals surface area contributed by atoms with Gasteiger partial charge in [0.05, 0.1) is 6.33 Å². The Morgan fingerprint density at radius 2 is 2.15 bits per heavy atom. The van der Waals surface area contributed by atoms with Gasteiger partial charge in [-0.2, -0.15) is 0 Å². The van der Waals surface area contributed by atoms with Crippen LogP contribution in [0, 0.1) is 0 Å². The van der Waals surface area contributed by atoms with Crippen molar-refractivity contribution in [2.45, 2.75) is 31.0 Å². The molecule has 2 unspecified atom stereocenters. The lowest BCUT2D eigenvalue weighted by Gasteiger charge is -2.25. The average molecular weight is 280 g/mol. The second-order valence-electron chi connectivity index (χ2n) is 5.04. The molecule has 0 radical (unpaired) electrons. The molecular weight excluding hydrogens is 264 g/mol. The zero-order valence-corrected chi connectivity index (χ0v) is 10.8. The molecule has 0 bridgehead atoms. The fourth-order valence-corrected chi connectivity index (χ4v) is 2.38. The number of nitrogen functional groups attached to an aromatic ring is 1. The predicted octanol–water partition coefficient (Wildman–Crippen LogP) is -1.62. The largest absolute Gasteiger partial charge is 0.387 e. The van der Waals surface area contributed by atoms with Crippen molar-refractivity contribution in [2.24, 2.45) is 5.73 Å². The number of aliphatic hydroxyl groups is 2. The molecule has 3 rings (SSSR count). The van der Waals surface area contributed by atoms with Gasteiger partial charge in [-0.1, -0.05) is 0 Å². The van der Waals surface area contributed by atoms with Crippen LogP contribution < -0.4 is 11.5 Å². The number of nitrogens with zero attached hydrogens (tertiary/aromatic N) is 4. The van der Waals surface area contributed by atoms with Gasteiger partial charge in [-0.25, -0.2) is 15.0 Å². The number of imidazole rings is 1. The second-order valence-corrected chi connectivity index (χ2v) is 5.04. The first-order valence-corrected chi connectivity index (χ1v) is 6.15. The number of nitrogens with two attached hydrogens (primary N) is 2. The van der Waals surface area contributed by atoms with Gasteiger partial charge in [-0.05, 0) is 6.92 Å². The van der Waals surface area contributed by atoms with Crippen molar-refractivity contribution in [2.75, 3.05) is 12.3 Å². The third-order valence-corrected chi connectivity index (χ3v) is 3.70. The number of hydrogen-bond donors (Lipinski definition) is 4. The summed E-state index contributed by atoms with van der Waals surface area (Å²) < 4.78 is 7.23. The summed E-state index contributed by atoms with van der Waals surface area (Å²) in [5.74, 6) is 0.239. The van der Waals surface area contributed by atoms with E-state index in [0.29, 0.717) is 11.2 Å². The van der Waals surface area contributed by atoms with E-state index in [0.717, 1.165) is 0 Å². The van der Waals surface area contributed by atoms with Crippen molar-refractivity contribution in [3.63, 3.8) is 0 Å². The molecule has 0 aliphatic carbocycles. The quantitative estimate of drug-likeness (QED) is 0.513. The second kappa shape index (κ2) is 4.35. The first-order chi connectivity index (χ1) is 9.48. The standard InChI is InChI=1S/C11H16N6O3/c1-11(2-12)7(19)6(18)10(20-11)17-4-16-5-8(13)14-3-15-9(5)17/h3-4,6-7,10,18-19H,2,12H2,1H3,(H2,13,14,15)/t6?,7?,10-,11-/m1/s1. The van der Waals surface area contributed by atoms with Gasteiger partial charge in [0.2, 0.25) is 0 Å². The first kappa shape index (κ1) is 13.2. The highest BCUT2D eigenvalue weighted by Crippen LogP contribution is 2.37. The Balaban J connectivity index is 2.06. The number of rotatable bonds is 2. The van der Waals surface area contributed by atoms with Crippen molar-refractivity contribution in [3.05, 3.63) is 12.7 Å². The number of aliphatic hydroxyl groups excluding tert-OH is 2. The van der Waals surface area contributed by atoms with Crippen LogP contribution in [0.25, 0.3) is 11.2 Å². The highest BCUT2D eigenvalue weighted by atomic mass is 16.6. The lowest BCUT2D eigenvalue weighted by Crippen LogP contribution is -2.46. The van der Waals surface area contributed by atoms with Crippen LogP contribution in [0.1, 0.15) is 13.2 Å². The molecule has 9 heteroatoms. The van der Waals surface area contributed by atoms with E-state index in [-0.39, 0.29) is 12.4 Å². The molecule has 2 aromatic heterocycles. The van der Waals surface area contributed by atoms with Gasteiger partial charge in [0.1, 0.15) is 29.7 Å². The predicted molar refractivity (Wildman–Crippen MR) is 69.3 cm³/mol. The Hall–Kier alpha value is -1.81. The van der Waals surface area contributed by atoms with Gasteiger partial charge >= 0.3 is 0 Å². The maximum Gasteiger partial charge on any atom is 0.167 e. The van der Waals surface area contributed by atoms with Crippen molar-refractivity contribution in [1.82, 2.24) is 19.5 Å². The molecule has 20 heavy (non-hydrogen) atoms. The Morgan fingerprint density at radius 3 is 2.80 bits per heavy atom. The van der Waals surface area contributed by atoms with E-state index in [1.54, 1.807) is 6.92 Å². The van der Waals surface area contributed by atoms with Gasteiger partial charge in [0, 0.05) is 6.54 Å². The van der Waals surface area contributed by atoms with Crippen molar-refractivity contribution >= 4 is 17.0 Å². The van der Waals surface area contributed by atoms with E-state index in [1.807, 2.05) is 0 Å². The lowest BCUT2D eigenvalue weighted by molar-refractivity contribution is -0.0854. The Morgan fingerprint density at radius 1 is 1.40 bits per heavy atom. The summed E-state index contributed by atoms with van der Waals surface area (Å²) in [5.41, 5.74) is 11.1. The molecule has 1 saturated heterocycles. The summed E-state index contributed by atoms with van der Waals surface area (Å²) in [6, 6.07) is 0. The number of anilines is 1. The van der Waals surface area contributed by atoms with Gasteiger partial charge in [-0.3, -0.25) is 4.57 Å². The molecule has 3 heterocycles. The number of hydrogen-bond acceptors (Lipinski definition) is 8. The summed E-state index contributed by atoms with van der Waals surface area (Å²) in [6.07, 6.45) is -0.335. The summed E-state index contributed by atoms with van der Waals surface area (Å²) >= 11 is 0. The normalized spacial score (nSPS) is 33.9. The lowest BCUT2D eigenvalue weighted by atomic mass is 9.98. The van der Waals surface area contributed by atoms with Gasteiger partial charge in [0.15, 0.2) is 17.7 Å². The maximum atomic E-state index is 10.2. The summed E-state index contributed by atoms with van der Waals surface area (Å²) in [4.78, 5) is 12.0. The molecule has 1 aliphatic rings. The number of fused-ring (bicyclic) bond motifs is 1. The van der Waals surface area contributed by atoms with Crippen molar-refractivity contribution in [1.29, 1.82) is 0 Å². The van der Waals surface area contributed by atoms with Gasteiger partial charge in [-0.15, -0.1) is 0 Å².